The minimum absolute atomic E-state index is 0.0848. The average molecular weight is 273 g/mol. The van der Waals surface area contributed by atoms with E-state index >= 15 is 0 Å². The highest BCUT2D eigenvalue weighted by Crippen LogP contribution is 2.12. The quantitative estimate of drug-likeness (QED) is 0.875. The number of rotatable bonds is 4. The summed E-state index contributed by atoms with van der Waals surface area (Å²) < 4.78 is 6.94. The summed E-state index contributed by atoms with van der Waals surface area (Å²) in [6.45, 7) is 1.01. The first-order valence-corrected chi connectivity index (χ1v) is 6.54. The Labute approximate surface area is 116 Å². The maximum absolute atomic E-state index is 11.8. The molecule has 1 fully saturated rings. The molecule has 0 aliphatic carbocycles. The molecule has 1 aliphatic rings. The fourth-order valence-electron chi connectivity index (χ4n) is 2.07. The van der Waals surface area contributed by atoms with Crippen LogP contribution in [0.4, 0.5) is 0 Å². The average Bonchev–Trinajstić information content (AvgIpc) is 3.17. The van der Waals surface area contributed by atoms with Crippen molar-refractivity contribution in [2.45, 2.75) is 25.5 Å². The molecule has 1 saturated heterocycles. The molecule has 1 amide bonds. The maximum atomic E-state index is 11.8. The van der Waals surface area contributed by atoms with Crippen molar-refractivity contribution in [1.29, 1.82) is 0 Å². The Morgan fingerprint density at radius 2 is 2.50 bits per heavy atom. The fraction of sp³-hybridized carbons (Fsp3) is 0.385. The lowest BCUT2D eigenvalue weighted by Gasteiger charge is -2.08. The van der Waals surface area contributed by atoms with Gasteiger partial charge in [0.1, 0.15) is 11.8 Å². The van der Waals surface area contributed by atoms with Gasteiger partial charge in [0.15, 0.2) is 0 Å². The Morgan fingerprint density at radius 3 is 3.25 bits per heavy atom. The Bertz CT molecular complexity index is 577. The van der Waals surface area contributed by atoms with Crippen LogP contribution in [0.15, 0.2) is 30.7 Å². The minimum atomic E-state index is -0.316. The smallest absolute Gasteiger partial charge is 0.249 e. The minimum Gasteiger partial charge on any atom is -0.368 e. The van der Waals surface area contributed by atoms with E-state index in [4.69, 9.17) is 4.74 Å². The van der Waals surface area contributed by atoms with E-state index < -0.39 is 0 Å². The van der Waals surface area contributed by atoms with Gasteiger partial charge in [0.05, 0.1) is 24.6 Å². The monoisotopic (exact) mass is 273 g/mol. The van der Waals surface area contributed by atoms with Gasteiger partial charge in [-0.05, 0) is 25.0 Å². The van der Waals surface area contributed by atoms with Gasteiger partial charge < -0.3 is 10.1 Å². The van der Waals surface area contributed by atoms with Gasteiger partial charge in [-0.25, -0.2) is 4.68 Å². The predicted molar refractivity (Wildman–Crippen MR) is 70.0 cm³/mol. The highest BCUT2D eigenvalue weighted by Gasteiger charge is 2.23. The molecule has 7 heteroatoms. The van der Waals surface area contributed by atoms with Gasteiger partial charge >= 0.3 is 0 Å². The van der Waals surface area contributed by atoms with Crippen LogP contribution in [0, 0.1) is 0 Å². The van der Waals surface area contributed by atoms with Crippen molar-refractivity contribution >= 4 is 5.91 Å². The SMILES string of the molecule is O=C(NCc1cn(-c2cccnc2)nn1)C1CCCO1. The molecule has 7 nitrogen and oxygen atoms in total. The Morgan fingerprint density at radius 1 is 1.55 bits per heavy atom. The largest absolute Gasteiger partial charge is 0.368 e. The van der Waals surface area contributed by atoms with Crippen molar-refractivity contribution in [3.05, 3.63) is 36.4 Å². The zero-order valence-corrected chi connectivity index (χ0v) is 10.9. The summed E-state index contributed by atoms with van der Waals surface area (Å²) in [6.07, 6.45) is 6.58. The Kier molecular flexibility index (Phi) is 3.69. The van der Waals surface area contributed by atoms with Crippen molar-refractivity contribution in [2.24, 2.45) is 0 Å². The highest BCUT2D eigenvalue weighted by molar-refractivity contribution is 5.80. The second kappa shape index (κ2) is 5.79. The van der Waals surface area contributed by atoms with Gasteiger partial charge in [0.2, 0.25) is 5.91 Å². The van der Waals surface area contributed by atoms with Crippen molar-refractivity contribution in [3.63, 3.8) is 0 Å². The van der Waals surface area contributed by atoms with E-state index in [1.165, 1.54) is 0 Å². The van der Waals surface area contributed by atoms with Crippen molar-refractivity contribution in [3.8, 4) is 5.69 Å². The van der Waals surface area contributed by atoms with Crippen LogP contribution >= 0.6 is 0 Å². The predicted octanol–water partition coefficient (Wildman–Crippen LogP) is 0.457. The van der Waals surface area contributed by atoms with E-state index in [2.05, 4.69) is 20.6 Å². The molecule has 1 unspecified atom stereocenters. The van der Waals surface area contributed by atoms with Crippen molar-refractivity contribution in [1.82, 2.24) is 25.3 Å². The summed E-state index contributed by atoms with van der Waals surface area (Å²) >= 11 is 0. The molecular weight excluding hydrogens is 258 g/mol. The van der Waals surface area contributed by atoms with E-state index in [0.29, 0.717) is 18.8 Å². The Balaban J connectivity index is 1.59. The third-order valence-corrected chi connectivity index (χ3v) is 3.12. The summed E-state index contributed by atoms with van der Waals surface area (Å²) in [5.74, 6) is -0.0848. The van der Waals surface area contributed by atoms with Gasteiger partial charge in [-0.2, -0.15) is 0 Å². The number of hydrogen-bond donors (Lipinski definition) is 1. The number of pyridine rings is 1. The lowest BCUT2D eigenvalue weighted by molar-refractivity contribution is -0.130. The summed E-state index contributed by atoms with van der Waals surface area (Å²) in [4.78, 5) is 15.8. The molecule has 0 radical (unpaired) electrons. The molecule has 0 saturated carbocycles. The second-order valence-corrected chi connectivity index (χ2v) is 4.59. The van der Waals surface area contributed by atoms with Gasteiger partial charge in [0.25, 0.3) is 0 Å². The summed E-state index contributed by atoms with van der Waals surface area (Å²) in [7, 11) is 0. The molecule has 2 aromatic heterocycles. The number of carbonyl (C=O) groups excluding carboxylic acids is 1. The second-order valence-electron chi connectivity index (χ2n) is 4.59. The van der Waals surface area contributed by atoms with Crippen molar-refractivity contribution in [2.75, 3.05) is 6.61 Å². The molecule has 3 rings (SSSR count). The van der Waals surface area contributed by atoms with E-state index in [-0.39, 0.29) is 12.0 Å². The number of nitrogens with zero attached hydrogens (tertiary/aromatic N) is 4. The number of ether oxygens (including phenoxy) is 1. The molecular formula is C13H15N5O2. The summed E-state index contributed by atoms with van der Waals surface area (Å²) in [5, 5.41) is 10.8. The van der Waals surface area contributed by atoms with Crippen LogP contribution in [-0.2, 0) is 16.1 Å². The molecule has 0 bridgehead atoms. The molecule has 1 aliphatic heterocycles. The first-order valence-electron chi connectivity index (χ1n) is 6.54. The summed E-state index contributed by atoms with van der Waals surface area (Å²) in [6, 6.07) is 3.71. The third kappa shape index (κ3) is 2.83. The van der Waals surface area contributed by atoms with E-state index in [9.17, 15) is 4.79 Å². The molecule has 20 heavy (non-hydrogen) atoms. The standard InChI is InChI=1S/C13H15N5O2/c19-13(12-4-2-6-20-12)15-7-10-9-18(17-16-10)11-3-1-5-14-8-11/h1,3,5,8-9,12H,2,4,6-7H2,(H,15,19). The summed E-state index contributed by atoms with van der Waals surface area (Å²) in [5.41, 5.74) is 1.52. The number of nitrogens with one attached hydrogen (secondary N) is 1. The van der Waals surface area contributed by atoms with Gasteiger partial charge in [-0.3, -0.25) is 9.78 Å². The number of hydrogen-bond acceptors (Lipinski definition) is 5. The molecule has 0 aromatic carbocycles. The van der Waals surface area contributed by atoms with Crippen molar-refractivity contribution < 1.29 is 9.53 Å². The number of amides is 1. The normalized spacial score (nSPS) is 18.1. The number of aromatic nitrogens is 4. The zero-order chi connectivity index (χ0) is 13.8. The van der Waals surface area contributed by atoms with E-state index in [0.717, 1.165) is 18.5 Å². The van der Waals surface area contributed by atoms with Gasteiger partial charge in [0, 0.05) is 12.8 Å². The first-order chi connectivity index (χ1) is 9.83. The van der Waals surface area contributed by atoms with Crippen LogP contribution in [0.5, 0.6) is 0 Å². The third-order valence-electron chi connectivity index (χ3n) is 3.12. The topological polar surface area (TPSA) is 81.9 Å². The molecule has 1 atom stereocenters. The Hall–Kier alpha value is -2.28. The van der Waals surface area contributed by atoms with Crippen LogP contribution in [-0.4, -0.2) is 38.6 Å². The maximum Gasteiger partial charge on any atom is 0.249 e. The van der Waals surface area contributed by atoms with Crippen LogP contribution < -0.4 is 5.32 Å². The zero-order valence-electron chi connectivity index (χ0n) is 10.9. The molecule has 104 valence electrons. The van der Waals surface area contributed by atoms with Gasteiger partial charge in [-0.15, -0.1) is 5.10 Å². The molecule has 2 aromatic rings. The van der Waals surface area contributed by atoms with Gasteiger partial charge in [-0.1, -0.05) is 5.21 Å². The molecule has 0 spiro atoms. The van der Waals surface area contributed by atoms with Crippen LogP contribution in [0.1, 0.15) is 18.5 Å². The van der Waals surface area contributed by atoms with E-state index in [1.54, 1.807) is 23.3 Å². The van der Waals surface area contributed by atoms with Crippen LogP contribution in [0.25, 0.3) is 5.69 Å². The lowest BCUT2D eigenvalue weighted by atomic mass is 10.2. The van der Waals surface area contributed by atoms with E-state index in [1.807, 2.05) is 12.1 Å². The fourth-order valence-corrected chi connectivity index (χ4v) is 2.07. The van der Waals surface area contributed by atoms with Crippen LogP contribution in [0.2, 0.25) is 0 Å². The highest BCUT2D eigenvalue weighted by atomic mass is 16.5. The molecule has 3 heterocycles. The van der Waals surface area contributed by atoms with Crippen LogP contribution in [0.3, 0.4) is 0 Å². The lowest BCUT2D eigenvalue weighted by Crippen LogP contribution is -2.33. The first kappa shape index (κ1) is 12.7. The number of carbonyl (C=O) groups is 1. The molecule has 1 N–H and O–H groups in total.